The number of nitrogens with two attached hydrogens (primary N) is 1. The third-order valence-electron chi connectivity index (χ3n) is 3.12. The maximum Gasteiger partial charge on any atom is 0.221 e. The average molecular weight is 268 g/mol. The van der Waals surface area contributed by atoms with Gasteiger partial charge in [0.25, 0.3) is 0 Å². The van der Waals surface area contributed by atoms with Crippen molar-refractivity contribution in [2.45, 2.75) is 20.1 Å². The summed E-state index contributed by atoms with van der Waals surface area (Å²) in [4.78, 5) is 4.36. The molecule has 4 nitrogen and oxygen atoms in total. The number of anilines is 1. The van der Waals surface area contributed by atoms with Gasteiger partial charge < -0.3 is 14.9 Å². The van der Waals surface area contributed by atoms with Crippen molar-refractivity contribution in [2.24, 2.45) is 0 Å². The van der Waals surface area contributed by atoms with Gasteiger partial charge >= 0.3 is 0 Å². The highest BCUT2D eigenvalue weighted by atomic mass is 16.5. The number of benzene rings is 2. The Bertz CT molecular complexity index is 701. The van der Waals surface area contributed by atoms with Crippen molar-refractivity contribution in [1.29, 1.82) is 0 Å². The Morgan fingerprint density at radius 3 is 2.80 bits per heavy atom. The minimum absolute atomic E-state index is 0.335. The molecular weight excluding hydrogens is 252 g/mol. The lowest BCUT2D eigenvalue weighted by Crippen LogP contribution is -1.99. The molecule has 0 spiro atoms. The van der Waals surface area contributed by atoms with Gasteiger partial charge in [0.15, 0.2) is 5.58 Å². The topological polar surface area (TPSA) is 61.3 Å². The summed E-state index contributed by atoms with van der Waals surface area (Å²) in [5.41, 5.74) is 10.4. The molecule has 2 N–H and O–H groups in total. The average Bonchev–Trinajstić information content (AvgIpc) is 2.84. The molecular formula is C16H16N2O2. The number of nitrogens with zero attached hydrogens (tertiary/aromatic N) is 1. The largest absolute Gasteiger partial charge is 0.438 e. The molecule has 2 aromatic carbocycles. The van der Waals surface area contributed by atoms with E-state index in [1.165, 1.54) is 0 Å². The molecule has 0 amide bonds. The van der Waals surface area contributed by atoms with Crippen molar-refractivity contribution in [2.75, 3.05) is 5.73 Å². The zero-order valence-corrected chi connectivity index (χ0v) is 11.3. The van der Waals surface area contributed by atoms with E-state index < -0.39 is 0 Å². The van der Waals surface area contributed by atoms with Gasteiger partial charge in [-0.05, 0) is 30.7 Å². The van der Waals surface area contributed by atoms with Crippen LogP contribution in [0.4, 0.5) is 5.69 Å². The minimum atomic E-state index is 0.335. The Morgan fingerprint density at radius 1 is 1.15 bits per heavy atom. The highest BCUT2D eigenvalue weighted by Gasteiger charge is 2.06. The zero-order valence-electron chi connectivity index (χ0n) is 11.3. The first-order valence-electron chi connectivity index (χ1n) is 6.49. The predicted molar refractivity (Wildman–Crippen MR) is 78.1 cm³/mol. The van der Waals surface area contributed by atoms with Gasteiger partial charge in [-0.2, -0.15) is 0 Å². The molecule has 0 saturated heterocycles. The second kappa shape index (κ2) is 5.35. The molecule has 0 fully saturated rings. The van der Waals surface area contributed by atoms with Gasteiger partial charge in [-0.25, -0.2) is 4.98 Å². The van der Waals surface area contributed by atoms with Crippen molar-refractivity contribution < 1.29 is 9.15 Å². The number of rotatable bonds is 4. The van der Waals surface area contributed by atoms with Crippen LogP contribution < -0.4 is 5.73 Å². The Morgan fingerprint density at radius 2 is 2.00 bits per heavy atom. The molecule has 1 heterocycles. The van der Waals surface area contributed by atoms with Gasteiger partial charge in [-0.3, -0.25) is 0 Å². The Balaban J connectivity index is 1.64. The molecule has 20 heavy (non-hydrogen) atoms. The van der Waals surface area contributed by atoms with Gasteiger partial charge in [-0.15, -0.1) is 0 Å². The molecule has 0 aliphatic carbocycles. The maximum atomic E-state index is 5.94. The first-order chi connectivity index (χ1) is 9.72. The van der Waals surface area contributed by atoms with Crippen LogP contribution in [-0.2, 0) is 18.0 Å². The molecule has 4 heteroatoms. The van der Waals surface area contributed by atoms with E-state index in [4.69, 9.17) is 14.9 Å². The number of ether oxygens (including phenoxy) is 1. The van der Waals surface area contributed by atoms with E-state index >= 15 is 0 Å². The van der Waals surface area contributed by atoms with Crippen molar-refractivity contribution >= 4 is 16.8 Å². The van der Waals surface area contributed by atoms with E-state index in [0.717, 1.165) is 27.9 Å². The third-order valence-corrected chi connectivity index (χ3v) is 3.12. The van der Waals surface area contributed by atoms with Crippen molar-refractivity contribution in [1.82, 2.24) is 4.98 Å². The van der Waals surface area contributed by atoms with Crippen LogP contribution in [0.5, 0.6) is 0 Å². The summed E-state index contributed by atoms with van der Waals surface area (Å²) in [6.45, 7) is 2.80. The van der Waals surface area contributed by atoms with Gasteiger partial charge in [-0.1, -0.05) is 24.3 Å². The van der Waals surface area contributed by atoms with E-state index in [-0.39, 0.29) is 0 Å². The predicted octanol–water partition coefficient (Wildman–Crippen LogP) is 3.44. The third kappa shape index (κ3) is 2.65. The molecule has 0 saturated carbocycles. The van der Waals surface area contributed by atoms with E-state index in [1.54, 1.807) is 0 Å². The van der Waals surface area contributed by atoms with E-state index in [9.17, 15) is 0 Å². The molecule has 1 aromatic heterocycles. The van der Waals surface area contributed by atoms with Crippen LogP contribution in [-0.4, -0.2) is 4.98 Å². The number of hydrogen-bond donors (Lipinski definition) is 1. The molecule has 0 bridgehead atoms. The molecule has 0 aliphatic rings. The minimum Gasteiger partial charge on any atom is -0.438 e. The summed E-state index contributed by atoms with van der Waals surface area (Å²) in [6.07, 6.45) is 0. The van der Waals surface area contributed by atoms with E-state index in [0.29, 0.717) is 19.1 Å². The number of nitrogen functional groups attached to an aromatic ring is 1. The number of aromatic nitrogens is 1. The number of oxazole rings is 1. The monoisotopic (exact) mass is 268 g/mol. The van der Waals surface area contributed by atoms with Crippen LogP contribution in [0, 0.1) is 6.92 Å². The van der Waals surface area contributed by atoms with Crippen LogP contribution >= 0.6 is 0 Å². The van der Waals surface area contributed by atoms with Crippen molar-refractivity contribution in [3.63, 3.8) is 0 Å². The number of aryl methyl sites for hydroxylation is 1. The summed E-state index contributed by atoms with van der Waals surface area (Å²) in [6, 6.07) is 13.6. The first-order valence-corrected chi connectivity index (χ1v) is 6.49. The summed E-state index contributed by atoms with van der Waals surface area (Å²) in [5, 5.41) is 0. The normalized spacial score (nSPS) is 11.1. The SMILES string of the molecule is Cc1ccc(COCc2nc3ccccc3o2)c(N)c1. The number of fused-ring (bicyclic) bond motifs is 1. The Kier molecular flexibility index (Phi) is 3.39. The Labute approximate surface area is 117 Å². The van der Waals surface area contributed by atoms with Crippen LogP contribution in [0.25, 0.3) is 11.1 Å². The molecule has 3 aromatic rings. The van der Waals surface area contributed by atoms with Crippen molar-refractivity contribution in [3.8, 4) is 0 Å². The van der Waals surface area contributed by atoms with Crippen LogP contribution in [0.2, 0.25) is 0 Å². The molecule has 0 atom stereocenters. The lowest BCUT2D eigenvalue weighted by molar-refractivity contribution is 0.0910. The summed E-state index contributed by atoms with van der Waals surface area (Å²) in [7, 11) is 0. The maximum absolute atomic E-state index is 5.94. The highest BCUT2D eigenvalue weighted by Crippen LogP contribution is 2.17. The fraction of sp³-hybridized carbons (Fsp3) is 0.188. The lowest BCUT2D eigenvalue weighted by atomic mass is 10.1. The van der Waals surface area contributed by atoms with Gasteiger partial charge in [0.05, 0.1) is 6.61 Å². The summed E-state index contributed by atoms with van der Waals surface area (Å²) >= 11 is 0. The van der Waals surface area contributed by atoms with Gasteiger partial charge in [0.1, 0.15) is 12.1 Å². The van der Waals surface area contributed by atoms with Crippen LogP contribution in [0.3, 0.4) is 0 Å². The Hall–Kier alpha value is -2.33. The van der Waals surface area contributed by atoms with Crippen LogP contribution in [0.1, 0.15) is 17.0 Å². The van der Waals surface area contributed by atoms with Gasteiger partial charge in [0.2, 0.25) is 5.89 Å². The molecule has 0 radical (unpaired) electrons. The zero-order chi connectivity index (χ0) is 13.9. The second-order valence-corrected chi connectivity index (χ2v) is 4.77. The molecule has 0 aliphatic heterocycles. The smallest absolute Gasteiger partial charge is 0.221 e. The molecule has 102 valence electrons. The fourth-order valence-corrected chi connectivity index (χ4v) is 2.08. The number of hydrogen-bond acceptors (Lipinski definition) is 4. The van der Waals surface area contributed by atoms with E-state index in [2.05, 4.69) is 4.98 Å². The molecule has 3 rings (SSSR count). The quantitative estimate of drug-likeness (QED) is 0.736. The standard InChI is InChI=1S/C16H16N2O2/c1-11-6-7-12(13(17)8-11)9-19-10-16-18-14-4-2-3-5-15(14)20-16/h2-8H,9-10,17H2,1H3. The van der Waals surface area contributed by atoms with E-state index in [1.807, 2.05) is 49.4 Å². The summed E-state index contributed by atoms with van der Waals surface area (Å²) < 4.78 is 11.2. The highest BCUT2D eigenvalue weighted by molar-refractivity contribution is 5.72. The van der Waals surface area contributed by atoms with Crippen LogP contribution in [0.15, 0.2) is 46.9 Å². The first kappa shape index (κ1) is 12.7. The second-order valence-electron chi connectivity index (χ2n) is 4.77. The molecule has 0 unspecified atom stereocenters. The lowest BCUT2D eigenvalue weighted by Gasteiger charge is -2.06. The number of para-hydroxylation sites is 2. The van der Waals surface area contributed by atoms with Crippen molar-refractivity contribution in [3.05, 3.63) is 59.5 Å². The summed E-state index contributed by atoms with van der Waals surface area (Å²) in [5.74, 6) is 0.580. The fourth-order valence-electron chi connectivity index (χ4n) is 2.08. The van der Waals surface area contributed by atoms with Gasteiger partial charge in [0, 0.05) is 11.3 Å².